The Hall–Kier alpha value is -3.06. The number of nitrogens with zero attached hydrogens (tertiary/aromatic N) is 2. The number of aliphatic hydroxyl groups excluding tert-OH is 1. The Labute approximate surface area is 143 Å². The lowest BCUT2D eigenvalue weighted by Gasteiger charge is -2.06. The number of aliphatic hydroxyl groups is 1. The molecule has 1 heterocycles. The van der Waals surface area contributed by atoms with E-state index in [1.54, 1.807) is 30.3 Å². The number of hydrogen-bond donors (Lipinski definition) is 2. The molecule has 1 aromatic heterocycles. The van der Waals surface area contributed by atoms with Crippen LogP contribution in [0.25, 0.3) is 11.1 Å². The van der Waals surface area contributed by atoms with Gasteiger partial charge in [0.25, 0.3) is 11.8 Å². The molecule has 0 unspecified atom stereocenters. The van der Waals surface area contributed by atoms with Crippen LogP contribution in [0.4, 0.5) is 4.39 Å². The van der Waals surface area contributed by atoms with Gasteiger partial charge >= 0.3 is 0 Å². The highest BCUT2D eigenvalue weighted by atomic mass is 19.1. The Kier molecular flexibility index (Phi) is 5.15. The van der Waals surface area contributed by atoms with Crippen molar-refractivity contribution in [2.75, 3.05) is 6.54 Å². The molecule has 0 radical (unpaired) electrons. The molecule has 0 spiro atoms. The molecule has 25 heavy (non-hydrogen) atoms. The predicted octanol–water partition coefficient (Wildman–Crippen LogP) is 2.34. The van der Waals surface area contributed by atoms with Crippen LogP contribution in [-0.2, 0) is 13.0 Å². The topological polar surface area (TPSA) is 88.2 Å². The number of hydrogen-bond acceptors (Lipinski definition) is 5. The van der Waals surface area contributed by atoms with Crippen molar-refractivity contribution in [1.29, 1.82) is 0 Å². The van der Waals surface area contributed by atoms with E-state index in [-0.39, 0.29) is 24.2 Å². The molecular weight excluding hydrogens is 325 g/mol. The molecule has 7 heteroatoms. The maximum atomic E-state index is 13.3. The van der Waals surface area contributed by atoms with Crippen molar-refractivity contribution >= 4 is 5.91 Å². The molecule has 6 nitrogen and oxygen atoms in total. The molecular formula is C18H16FN3O3. The van der Waals surface area contributed by atoms with Gasteiger partial charge in [-0.15, -0.1) is 0 Å². The second-order valence-corrected chi connectivity index (χ2v) is 5.36. The van der Waals surface area contributed by atoms with Crippen LogP contribution in [0.1, 0.15) is 22.1 Å². The summed E-state index contributed by atoms with van der Waals surface area (Å²) < 4.78 is 18.0. The number of nitrogens with one attached hydrogen (secondary N) is 1. The molecule has 1 amide bonds. The zero-order valence-electron chi connectivity index (χ0n) is 13.3. The number of carbonyl (C=O) groups is 1. The van der Waals surface area contributed by atoms with E-state index in [9.17, 15) is 9.18 Å². The number of carbonyl (C=O) groups excluding carboxylic acids is 1. The Bertz CT molecular complexity index is 862. The minimum atomic E-state index is -0.309. The first-order valence-electron chi connectivity index (χ1n) is 7.72. The molecule has 0 saturated heterocycles. The standard InChI is InChI=1S/C18H16FN3O3/c19-15-3-1-2-14(10-15)12-4-6-13(7-5-12)18(24)20-9-8-16-21-17(11-23)25-22-16/h1-7,10,23H,8-9,11H2,(H,20,24). The predicted molar refractivity (Wildman–Crippen MR) is 88.1 cm³/mol. The van der Waals surface area contributed by atoms with E-state index in [1.807, 2.05) is 6.07 Å². The average Bonchev–Trinajstić information content (AvgIpc) is 3.10. The fraction of sp³-hybridized carbons (Fsp3) is 0.167. The quantitative estimate of drug-likeness (QED) is 0.718. The largest absolute Gasteiger partial charge is 0.387 e. The highest BCUT2D eigenvalue weighted by Crippen LogP contribution is 2.20. The van der Waals surface area contributed by atoms with Crippen LogP contribution < -0.4 is 5.32 Å². The maximum Gasteiger partial charge on any atom is 0.252 e. The summed E-state index contributed by atoms with van der Waals surface area (Å²) in [6.45, 7) is 0.0336. The van der Waals surface area contributed by atoms with Crippen LogP contribution in [-0.4, -0.2) is 27.7 Å². The highest BCUT2D eigenvalue weighted by Gasteiger charge is 2.08. The molecule has 0 aliphatic rings. The van der Waals surface area contributed by atoms with Crippen LogP contribution in [0, 0.1) is 5.82 Å². The summed E-state index contributed by atoms with van der Waals surface area (Å²) in [5.74, 6) is 0.0434. The maximum absolute atomic E-state index is 13.3. The van der Waals surface area contributed by atoms with Gasteiger partial charge in [0.15, 0.2) is 5.82 Å². The van der Waals surface area contributed by atoms with E-state index in [0.29, 0.717) is 24.4 Å². The van der Waals surface area contributed by atoms with E-state index in [4.69, 9.17) is 9.63 Å². The summed E-state index contributed by atoms with van der Waals surface area (Å²) in [5.41, 5.74) is 2.09. The van der Waals surface area contributed by atoms with Crippen LogP contribution in [0.3, 0.4) is 0 Å². The lowest BCUT2D eigenvalue weighted by molar-refractivity contribution is 0.0954. The Morgan fingerprint density at radius 1 is 1.16 bits per heavy atom. The number of rotatable bonds is 6. The first-order valence-corrected chi connectivity index (χ1v) is 7.72. The van der Waals surface area contributed by atoms with Crippen molar-refractivity contribution in [3.63, 3.8) is 0 Å². The monoisotopic (exact) mass is 341 g/mol. The molecule has 0 saturated carbocycles. The van der Waals surface area contributed by atoms with E-state index >= 15 is 0 Å². The minimum absolute atomic E-state index is 0.147. The SMILES string of the molecule is O=C(NCCc1noc(CO)n1)c1ccc(-c2cccc(F)c2)cc1. The van der Waals surface area contributed by atoms with Gasteiger partial charge in [0.1, 0.15) is 12.4 Å². The lowest BCUT2D eigenvalue weighted by Crippen LogP contribution is -2.25. The Morgan fingerprint density at radius 3 is 2.64 bits per heavy atom. The van der Waals surface area contributed by atoms with Gasteiger partial charge in [0.05, 0.1) is 0 Å². The molecule has 2 aromatic carbocycles. The average molecular weight is 341 g/mol. The van der Waals surface area contributed by atoms with Crippen LogP contribution >= 0.6 is 0 Å². The van der Waals surface area contributed by atoms with Gasteiger partial charge in [0, 0.05) is 18.5 Å². The molecule has 2 N–H and O–H groups in total. The zero-order valence-corrected chi connectivity index (χ0v) is 13.3. The Balaban J connectivity index is 1.57. The molecule has 0 fully saturated rings. The number of benzene rings is 2. The summed E-state index contributed by atoms with van der Waals surface area (Å²) >= 11 is 0. The zero-order chi connectivity index (χ0) is 17.6. The van der Waals surface area contributed by atoms with Crippen molar-refractivity contribution in [2.24, 2.45) is 0 Å². The van der Waals surface area contributed by atoms with Crippen molar-refractivity contribution in [1.82, 2.24) is 15.5 Å². The molecule has 128 valence electrons. The molecule has 3 aromatic rings. The van der Waals surface area contributed by atoms with Crippen molar-refractivity contribution < 1.29 is 18.8 Å². The molecule has 0 aliphatic heterocycles. The summed E-state index contributed by atoms with van der Waals surface area (Å²) in [7, 11) is 0. The second kappa shape index (κ2) is 7.67. The summed E-state index contributed by atoms with van der Waals surface area (Å²) in [4.78, 5) is 16.1. The van der Waals surface area contributed by atoms with Crippen LogP contribution in [0.15, 0.2) is 53.1 Å². The van der Waals surface area contributed by atoms with Gasteiger partial charge in [-0.2, -0.15) is 4.98 Å². The third-order valence-corrected chi connectivity index (χ3v) is 3.58. The smallest absolute Gasteiger partial charge is 0.252 e. The van der Waals surface area contributed by atoms with Gasteiger partial charge in [-0.25, -0.2) is 4.39 Å². The van der Waals surface area contributed by atoms with Gasteiger partial charge in [-0.1, -0.05) is 29.4 Å². The van der Waals surface area contributed by atoms with Gasteiger partial charge in [-0.05, 0) is 35.4 Å². The number of halogens is 1. The van der Waals surface area contributed by atoms with E-state index in [0.717, 1.165) is 11.1 Å². The minimum Gasteiger partial charge on any atom is -0.387 e. The lowest BCUT2D eigenvalue weighted by atomic mass is 10.0. The molecule has 0 aliphatic carbocycles. The fourth-order valence-electron chi connectivity index (χ4n) is 2.33. The first-order chi connectivity index (χ1) is 12.2. The summed E-state index contributed by atoms with van der Waals surface area (Å²) in [5, 5.41) is 15.3. The van der Waals surface area contributed by atoms with Gasteiger partial charge in [0.2, 0.25) is 0 Å². The normalized spacial score (nSPS) is 10.6. The third-order valence-electron chi connectivity index (χ3n) is 3.58. The second-order valence-electron chi connectivity index (χ2n) is 5.36. The van der Waals surface area contributed by atoms with Gasteiger partial charge in [-0.3, -0.25) is 4.79 Å². The van der Waals surface area contributed by atoms with E-state index in [1.165, 1.54) is 12.1 Å². The molecule has 0 bridgehead atoms. The Morgan fingerprint density at radius 2 is 1.96 bits per heavy atom. The van der Waals surface area contributed by atoms with Crippen molar-refractivity contribution in [3.05, 3.63) is 71.6 Å². The number of amides is 1. The van der Waals surface area contributed by atoms with E-state index in [2.05, 4.69) is 15.5 Å². The summed E-state index contributed by atoms with van der Waals surface area (Å²) in [6.07, 6.45) is 0.399. The van der Waals surface area contributed by atoms with Crippen LogP contribution in [0.5, 0.6) is 0 Å². The summed E-state index contributed by atoms with van der Waals surface area (Å²) in [6, 6.07) is 13.2. The fourth-order valence-corrected chi connectivity index (χ4v) is 2.33. The van der Waals surface area contributed by atoms with Crippen LogP contribution in [0.2, 0.25) is 0 Å². The van der Waals surface area contributed by atoms with E-state index < -0.39 is 0 Å². The third kappa shape index (κ3) is 4.27. The van der Waals surface area contributed by atoms with Crippen molar-refractivity contribution in [2.45, 2.75) is 13.0 Å². The van der Waals surface area contributed by atoms with Gasteiger partial charge < -0.3 is 14.9 Å². The van der Waals surface area contributed by atoms with Crippen molar-refractivity contribution in [3.8, 4) is 11.1 Å². The molecule has 0 atom stereocenters. The molecule has 3 rings (SSSR count). The number of aromatic nitrogens is 2. The first kappa shape index (κ1) is 16.8. The highest BCUT2D eigenvalue weighted by molar-refractivity contribution is 5.94.